The Morgan fingerprint density at radius 3 is 2.72 bits per heavy atom. The summed E-state index contributed by atoms with van der Waals surface area (Å²) in [6.07, 6.45) is -4.33. The van der Waals surface area contributed by atoms with Crippen LogP contribution >= 0.6 is 0 Å². The Kier molecular flexibility index (Phi) is 3.17. The molecule has 0 bridgehead atoms. The van der Waals surface area contributed by atoms with Gasteiger partial charge in [-0.15, -0.1) is 0 Å². The predicted molar refractivity (Wildman–Crippen MR) is 57.6 cm³/mol. The Hall–Kier alpha value is -2.12. The topological polar surface area (TPSA) is 55.6 Å². The fourth-order valence-corrected chi connectivity index (χ4v) is 1.42. The minimum absolute atomic E-state index is 0.220. The molecular formula is C10H10F3N5. The molecule has 0 amide bonds. The van der Waals surface area contributed by atoms with Crippen LogP contribution in [0.2, 0.25) is 0 Å². The standard InChI is InChI=1S/C10H10F3N5/c1-18-9(15-16-17-18)14-6-7-3-2-4-8(5-7)10(11,12)13/h2-5H,6H2,1H3,(H,14,15,17). The minimum atomic E-state index is -4.33. The molecule has 0 unspecified atom stereocenters. The normalized spacial score (nSPS) is 11.6. The summed E-state index contributed by atoms with van der Waals surface area (Å²) in [5.74, 6) is 0.396. The van der Waals surface area contributed by atoms with E-state index >= 15 is 0 Å². The largest absolute Gasteiger partial charge is 0.416 e. The number of halogens is 3. The zero-order valence-corrected chi connectivity index (χ0v) is 9.44. The van der Waals surface area contributed by atoms with Gasteiger partial charge in [-0.25, -0.2) is 4.68 Å². The molecule has 0 aliphatic carbocycles. The number of anilines is 1. The van der Waals surface area contributed by atoms with Crippen molar-refractivity contribution in [1.29, 1.82) is 0 Å². The lowest BCUT2D eigenvalue weighted by Gasteiger charge is -2.09. The highest BCUT2D eigenvalue weighted by atomic mass is 19.4. The molecule has 1 heterocycles. The van der Waals surface area contributed by atoms with E-state index in [1.54, 1.807) is 13.1 Å². The van der Waals surface area contributed by atoms with Gasteiger partial charge in [0.15, 0.2) is 0 Å². The molecule has 0 aliphatic rings. The van der Waals surface area contributed by atoms with Gasteiger partial charge in [-0.1, -0.05) is 17.2 Å². The van der Waals surface area contributed by atoms with E-state index < -0.39 is 11.7 Å². The molecule has 96 valence electrons. The fourth-order valence-electron chi connectivity index (χ4n) is 1.42. The van der Waals surface area contributed by atoms with Crippen molar-refractivity contribution >= 4 is 5.95 Å². The van der Waals surface area contributed by atoms with Gasteiger partial charge < -0.3 is 5.32 Å². The number of hydrogen-bond donors (Lipinski definition) is 1. The van der Waals surface area contributed by atoms with Crippen LogP contribution < -0.4 is 5.32 Å². The highest BCUT2D eigenvalue weighted by Gasteiger charge is 2.30. The van der Waals surface area contributed by atoms with Crippen LogP contribution in [0.1, 0.15) is 11.1 Å². The Morgan fingerprint density at radius 1 is 1.33 bits per heavy atom. The Morgan fingerprint density at radius 2 is 2.11 bits per heavy atom. The zero-order valence-electron chi connectivity index (χ0n) is 9.44. The van der Waals surface area contributed by atoms with Crippen LogP contribution in [0, 0.1) is 0 Å². The summed E-state index contributed by atoms with van der Waals surface area (Å²) >= 11 is 0. The molecule has 0 spiro atoms. The number of alkyl halides is 3. The summed E-state index contributed by atoms with van der Waals surface area (Å²) in [5.41, 5.74) is -0.161. The maximum Gasteiger partial charge on any atom is 0.416 e. The van der Waals surface area contributed by atoms with Crippen LogP contribution in [0.4, 0.5) is 19.1 Å². The molecule has 2 rings (SSSR count). The lowest BCUT2D eigenvalue weighted by molar-refractivity contribution is -0.137. The lowest BCUT2D eigenvalue weighted by atomic mass is 10.1. The quantitative estimate of drug-likeness (QED) is 0.911. The van der Waals surface area contributed by atoms with Gasteiger partial charge in [0.25, 0.3) is 0 Å². The van der Waals surface area contributed by atoms with E-state index in [1.807, 2.05) is 0 Å². The third-order valence-electron chi connectivity index (χ3n) is 2.33. The maximum absolute atomic E-state index is 12.5. The third kappa shape index (κ3) is 2.76. The summed E-state index contributed by atoms with van der Waals surface area (Å²) in [4.78, 5) is 0. The summed E-state index contributed by atoms with van der Waals surface area (Å²) in [6.45, 7) is 0.220. The van der Waals surface area contributed by atoms with Crippen molar-refractivity contribution in [2.45, 2.75) is 12.7 Å². The number of nitrogens with one attached hydrogen (secondary N) is 1. The minimum Gasteiger partial charge on any atom is -0.349 e. The highest BCUT2D eigenvalue weighted by Crippen LogP contribution is 2.29. The zero-order chi connectivity index (χ0) is 13.2. The van der Waals surface area contributed by atoms with Gasteiger partial charge in [-0.05, 0) is 28.1 Å². The first-order valence-corrected chi connectivity index (χ1v) is 5.09. The van der Waals surface area contributed by atoms with Crippen molar-refractivity contribution in [3.8, 4) is 0 Å². The van der Waals surface area contributed by atoms with Gasteiger partial charge in [0.2, 0.25) is 5.95 Å². The molecule has 0 fully saturated rings. The molecule has 0 radical (unpaired) electrons. The van der Waals surface area contributed by atoms with Crippen molar-refractivity contribution in [1.82, 2.24) is 20.2 Å². The van der Waals surface area contributed by atoms with E-state index in [0.29, 0.717) is 11.5 Å². The number of tetrazole rings is 1. The number of hydrogen-bond acceptors (Lipinski definition) is 4. The molecule has 0 saturated carbocycles. The second-order valence-electron chi connectivity index (χ2n) is 3.68. The SMILES string of the molecule is Cn1nnnc1NCc1cccc(C(F)(F)F)c1. The smallest absolute Gasteiger partial charge is 0.349 e. The van der Waals surface area contributed by atoms with Gasteiger partial charge in [-0.2, -0.15) is 13.2 Å². The fraction of sp³-hybridized carbons (Fsp3) is 0.300. The van der Waals surface area contributed by atoms with Crippen LogP contribution in [0.5, 0.6) is 0 Å². The molecular weight excluding hydrogens is 247 g/mol. The molecule has 2 aromatic rings. The van der Waals surface area contributed by atoms with Crippen LogP contribution in [0.15, 0.2) is 24.3 Å². The molecule has 0 saturated heterocycles. The molecule has 1 aromatic heterocycles. The van der Waals surface area contributed by atoms with Crippen molar-refractivity contribution in [2.75, 3.05) is 5.32 Å². The predicted octanol–water partition coefficient (Wildman–Crippen LogP) is 1.84. The van der Waals surface area contributed by atoms with Crippen LogP contribution in [0.3, 0.4) is 0 Å². The number of benzene rings is 1. The molecule has 0 atom stereocenters. The monoisotopic (exact) mass is 257 g/mol. The Balaban J connectivity index is 2.09. The van der Waals surface area contributed by atoms with Crippen molar-refractivity contribution in [3.63, 3.8) is 0 Å². The first-order valence-electron chi connectivity index (χ1n) is 5.09. The van der Waals surface area contributed by atoms with Crippen molar-refractivity contribution in [2.24, 2.45) is 7.05 Å². The van der Waals surface area contributed by atoms with Crippen LogP contribution in [0.25, 0.3) is 0 Å². The second kappa shape index (κ2) is 4.63. The average Bonchev–Trinajstić information content (AvgIpc) is 2.72. The summed E-state index contributed by atoms with van der Waals surface area (Å²) < 4.78 is 38.9. The molecule has 0 aliphatic heterocycles. The Labute approximate surface area is 101 Å². The number of rotatable bonds is 3. The first kappa shape index (κ1) is 12.3. The number of aryl methyl sites for hydroxylation is 1. The van der Waals surface area contributed by atoms with E-state index in [-0.39, 0.29) is 6.54 Å². The number of nitrogens with zero attached hydrogens (tertiary/aromatic N) is 4. The van der Waals surface area contributed by atoms with Crippen LogP contribution in [-0.4, -0.2) is 20.2 Å². The summed E-state index contributed by atoms with van der Waals surface area (Å²) in [6, 6.07) is 5.10. The summed E-state index contributed by atoms with van der Waals surface area (Å²) in [5, 5.41) is 13.5. The van der Waals surface area contributed by atoms with E-state index in [0.717, 1.165) is 12.1 Å². The van der Waals surface area contributed by atoms with Gasteiger partial charge in [-0.3, -0.25) is 0 Å². The van der Waals surface area contributed by atoms with Gasteiger partial charge >= 0.3 is 6.18 Å². The van der Waals surface area contributed by atoms with E-state index in [9.17, 15) is 13.2 Å². The highest BCUT2D eigenvalue weighted by molar-refractivity contribution is 5.30. The van der Waals surface area contributed by atoms with E-state index in [2.05, 4.69) is 20.8 Å². The molecule has 1 N–H and O–H groups in total. The average molecular weight is 257 g/mol. The van der Waals surface area contributed by atoms with Gasteiger partial charge in [0, 0.05) is 13.6 Å². The molecule has 5 nitrogen and oxygen atoms in total. The lowest BCUT2D eigenvalue weighted by Crippen LogP contribution is -2.08. The van der Waals surface area contributed by atoms with E-state index in [1.165, 1.54) is 10.7 Å². The van der Waals surface area contributed by atoms with E-state index in [4.69, 9.17) is 0 Å². The maximum atomic E-state index is 12.5. The van der Waals surface area contributed by atoms with Crippen molar-refractivity contribution < 1.29 is 13.2 Å². The molecule has 1 aromatic carbocycles. The second-order valence-corrected chi connectivity index (χ2v) is 3.68. The Bertz CT molecular complexity index is 534. The van der Waals surface area contributed by atoms with Crippen LogP contribution in [-0.2, 0) is 19.8 Å². The summed E-state index contributed by atoms with van der Waals surface area (Å²) in [7, 11) is 1.63. The number of aromatic nitrogens is 4. The van der Waals surface area contributed by atoms with Gasteiger partial charge in [0.1, 0.15) is 0 Å². The molecule has 8 heteroatoms. The van der Waals surface area contributed by atoms with Gasteiger partial charge in [0.05, 0.1) is 5.56 Å². The first-order chi connectivity index (χ1) is 8.47. The van der Waals surface area contributed by atoms with Crippen molar-refractivity contribution in [3.05, 3.63) is 35.4 Å². The third-order valence-corrected chi connectivity index (χ3v) is 2.33. The molecule has 18 heavy (non-hydrogen) atoms.